The molecule has 168 valence electrons. The molecule has 1 unspecified atom stereocenters. The number of halogens is 4. The number of carboxylic acids is 1. The summed E-state index contributed by atoms with van der Waals surface area (Å²) in [6, 6.07) is 5.51. The minimum Gasteiger partial charge on any atom is -0.497 e. The van der Waals surface area contributed by atoms with Crippen LogP contribution in [0.2, 0.25) is 0 Å². The van der Waals surface area contributed by atoms with Gasteiger partial charge in [0.25, 0.3) is 5.91 Å². The standard InChI is InChI=1S/C17H23BrN2O3.C2HF3O2/c1-22-12-4-5-14(13(18)11-12)20-16(21)15-3-2-6-17(23-15)7-9-19-10-8-17;3-2(4,5)1(6)7/h4-5,11,15,19H,2-3,6-10H2,1H3,(H,20,21);(H,6,7). The summed E-state index contributed by atoms with van der Waals surface area (Å²) in [5.41, 5.74) is 0.632. The summed E-state index contributed by atoms with van der Waals surface area (Å²) in [7, 11) is 1.62. The SMILES string of the molecule is COc1ccc(NC(=O)C2CCCC3(CCNCC3)O2)c(Br)c1.O=C(O)C(F)(F)F. The molecule has 0 bridgehead atoms. The van der Waals surface area contributed by atoms with Crippen LogP contribution in [-0.4, -0.2) is 55.1 Å². The molecule has 7 nitrogen and oxygen atoms in total. The van der Waals surface area contributed by atoms with Gasteiger partial charge in [-0.15, -0.1) is 0 Å². The predicted molar refractivity (Wildman–Crippen MR) is 107 cm³/mol. The first-order valence-electron chi connectivity index (χ1n) is 9.39. The zero-order chi connectivity index (χ0) is 22.4. The summed E-state index contributed by atoms with van der Waals surface area (Å²) in [6.07, 6.45) is -0.580. The van der Waals surface area contributed by atoms with Crippen LogP contribution in [0.15, 0.2) is 22.7 Å². The van der Waals surface area contributed by atoms with Crippen molar-refractivity contribution in [2.75, 3.05) is 25.5 Å². The zero-order valence-electron chi connectivity index (χ0n) is 16.4. The molecule has 0 radical (unpaired) electrons. The van der Waals surface area contributed by atoms with Crippen molar-refractivity contribution in [3.63, 3.8) is 0 Å². The summed E-state index contributed by atoms with van der Waals surface area (Å²) in [5, 5.41) is 13.5. The second-order valence-corrected chi connectivity index (χ2v) is 7.92. The lowest BCUT2D eigenvalue weighted by Gasteiger charge is -2.43. The molecule has 1 atom stereocenters. The van der Waals surface area contributed by atoms with Crippen molar-refractivity contribution in [3.8, 4) is 5.75 Å². The van der Waals surface area contributed by atoms with Gasteiger partial charge in [-0.25, -0.2) is 4.79 Å². The number of piperidine rings is 1. The molecule has 2 heterocycles. The number of ether oxygens (including phenoxy) is 2. The molecule has 0 aromatic heterocycles. The molecule has 3 rings (SSSR count). The van der Waals surface area contributed by atoms with E-state index in [1.54, 1.807) is 7.11 Å². The van der Waals surface area contributed by atoms with Crippen LogP contribution in [-0.2, 0) is 14.3 Å². The van der Waals surface area contributed by atoms with Crippen molar-refractivity contribution in [1.82, 2.24) is 5.32 Å². The number of hydrogen-bond donors (Lipinski definition) is 3. The Kier molecular flexibility index (Phi) is 8.51. The number of nitrogens with one attached hydrogen (secondary N) is 2. The maximum absolute atomic E-state index is 12.6. The van der Waals surface area contributed by atoms with Gasteiger partial charge in [-0.2, -0.15) is 13.2 Å². The van der Waals surface area contributed by atoms with E-state index in [2.05, 4.69) is 26.6 Å². The number of anilines is 1. The highest BCUT2D eigenvalue weighted by Gasteiger charge is 2.40. The third-order valence-electron chi connectivity index (χ3n) is 4.97. The van der Waals surface area contributed by atoms with Crippen LogP contribution in [0.25, 0.3) is 0 Å². The number of methoxy groups -OCH3 is 1. The van der Waals surface area contributed by atoms with Gasteiger partial charge in [-0.3, -0.25) is 4.79 Å². The van der Waals surface area contributed by atoms with Gasteiger partial charge < -0.3 is 25.2 Å². The lowest BCUT2D eigenvalue weighted by Crippen LogP contribution is -2.50. The largest absolute Gasteiger partial charge is 0.497 e. The Balaban J connectivity index is 0.000000396. The van der Waals surface area contributed by atoms with Gasteiger partial charge in [-0.05, 0) is 79.3 Å². The average Bonchev–Trinajstić information content (AvgIpc) is 2.70. The minimum absolute atomic E-state index is 0.0616. The number of benzene rings is 1. The smallest absolute Gasteiger partial charge is 0.490 e. The Hall–Kier alpha value is -1.85. The second-order valence-electron chi connectivity index (χ2n) is 7.07. The Labute approximate surface area is 180 Å². The number of carboxylic acid groups (broad SMARTS) is 1. The maximum Gasteiger partial charge on any atom is 0.490 e. The van der Waals surface area contributed by atoms with Crippen molar-refractivity contribution in [2.24, 2.45) is 0 Å². The highest BCUT2D eigenvalue weighted by atomic mass is 79.9. The number of aliphatic carboxylic acids is 1. The zero-order valence-corrected chi connectivity index (χ0v) is 17.9. The van der Waals surface area contributed by atoms with Crippen LogP contribution in [0.3, 0.4) is 0 Å². The molecular weight excluding hydrogens is 473 g/mol. The van der Waals surface area contributed by atoms with E-state index >= 15 is 0 Å². The molecule has 2 saturated heterocycles. The molecule has 1 aromatic carbocycles. The lowest BCUT2D eigenvalue weighted by atomic mass is 9.83. The monoisotopic (exact) mass is 496 g/mol. The van der Waals surface area contributed by atoms with E-state index in [4.69, 9.17) is 19.4 Å². The van der Waals surface area contributed by atoms with E-state index in [0.717, 1.165) is 61.1 Å². The summed E-state index contributed by atoms with van der Waals surface area (Å²) in [6.45, 7) is 1.94. The summed E-state index contributed by atoms with van der Waals surface area (Å²) >= 11 is 3.47. The van der Waals surface area contributed by atoms with E-state index in [1.165, 1.54) is 0 Å². The van der Waals surface area contributed by atoms with E-state index in [1.807, 2.05) is 18.2 Å². The number of carbonyl (C=O) groups is 2. The normalized spacial score (nSPS) is 20.6. The molecule has 30 heavy (non-hydrogen) atoms. The van der Waals surface area contributed by atoms with Crippen LogP contribution in [0.4, 0.5) is 18.9 Å². The summed E-state index contributed by atoms with van der Waals surface area (Å²) < 4.78 is 44.0. The molecule has 2 fully saturated rings. The molecule has 0 aliphatic carbocycles. The van der Waals surface area contributed by atoms with Crippen molar-refractivity contribution in [1.29, 1.82) is 0 Å². The fraction of sp³-hybridized carbons (Fsp3) is 0.579. The van der Waals surface area contributed by atoms with Gasteiger partial charge >= 0.3 is 12.1 Å². The molecule has 1 aromatic rings. The fourth-order valence-electron chi connectivity index (χ4n) is 3.40. The Bertz CT molecular complexity index is 749. The van der Waals surface area contributed by atoms with Gasteiger partial charge in [-0.1, -0.05) is 0 Å². The second kappa shape index (κ2) is 10.5. The summed E-state index contributed by atoms with van der Waals surface area (Å²) in [5.74, 6) is -2.07. The highest BCUT2D eigenvalue weighted by molar-refractivity contribution is 9.10. The predicted octanol–water partition coefficient (Wildman–Crippen LogP) is 3.72. The summed E-state index contributed by atoms with van der Waals surface area (Å²) in [4.78, 5) is 21.5. The van der Waals surface area contributed by atoms with Crippen LogP contribution in [0.1, 0.15) is 32.1 Å². The molecule has 11 heteroatoms. The van der Waals surface area contributed by atoms with Crippen molar-refractivity contribution in [3.05, 3.63) is 22.7 Å². The van der Waals surface area contributed by atoms with Crippen LogP contribution in [0, 0.1) is 0 Å². The lowest BCUT2D eigenvalue weighted by molar-refractivity contribution is -0.192. The van der Waals surface area contributed by atoms with Gasteiger partial charge in [0.2, 0.25) is 0 Å². The van der Waals surface area contributed by atoms with Crippen molar-refractivity contribution in [2.45, 2.75) is 50.0 Å². The highest BCUT2D eigenvalue weighted by Crippen LogP contribution is 2.36. The van der Waals surface area contributed by atoms with E-state index in [-0.39, 0.29) is 17.6 Å². The molecule has 2 aliphatic heterocycles. The Morgan fingerprint density at radius 3 is 2.47 bits per heavy atom. The third-order valence-corrected chi connectivity index (χ3v) is 5.63. The Morgan fingerprint density at radius 2 is 1.93 bits per heavy atom. The first-order valence-corrected chi connectivity index (χ1v) is 10.2. The fourth-order valence-corrected chi connectivity index (χ4v) is 3.86. The van der Waals surface area contributed by atoms with Crippen molar-refractivity contribution >= 4 is 33.5 Å². The third kappa shape index (κ3) is 6.85. The number of carbonyl (C=O) groups excluding carboxylic acids is 1. The molecule has 1 amide bonds. The number of amides is 1. The first kappa shape index (κ1) is 24.4. The van der Waals surface area contributed by atoms with Crippen LogP contribution >= 0.6 is 15.9 Å². The quantitative estimate of drug-likeness (QED) is 0.589. The van der Waals surface area contributed by atoms with E-state index < -0.39 is 12.1 Å². The molecule has 0 saturated carbocycles. The number of alkyl halides is 3. The van der Waals surface area contributed by atoms with Gasteiger partial charge in [0.15, 0.2) is 0 Å². The number of hydrogen-bond acceptors (Lipinski definition) is 5. The van der Waals surface area contributed by atoms with E-state index in [0.29, 0.717) is 0 Å². The van der Waals surface area contributed by atoms with Crippen molar-refractivity contribution < 1.29 is 37.3 Å². The van der Waals surface area contributed by atoms with Crippen LogP contribution in [0.5, 0.6) is 5.75 Å². The average molecular weight is 497 g/mol. The minimum atomic E-state index is -5.08. The van der Waals surface area contributed by atoms with Gasteiger partial charge in [0.05, 0.1) is 18.4 Å². The van der Waals surface area contributed by atoms with E-state index in [9.17, 15) is 18.0 Å². The molecule has 3 N–H and O–H groups in total. The van der Waals surface area contributed by atoms with Gasteiger partial charge in [0.1, 0.15) is 11.9 Å². The maximum atomic E-state index is 12.6. The molecular formula is C19H24BrF3N2O5. The number of rotatable bonds is 3. The van der Waals surface area contributed by atoms with Gasteiger partial charge in [0, 0.05) is 4.47 Å². The topological polar surface area (TPSA) is 96.9 Å². The Morgan fingerprint density at radius 1 is 1.30 bits per heavy atom. The van der Waals surface area contributed by atoms with Crippen LogP contribution < -0.4 is 15.4 Å². The first-order chi connectivity index (χ1) is 14.1. The molecule has 2 aliphatic rings. The molecule has 1 spiro atoms.